The molecule has 1 aromatic carbocycles. The minimum absolute atomic E-state index is 0.423. The predicted molar refractivity (Wildman–Crippen MR) is 83.4 cm³/mol. The van der Waals surface area contributed by atoms with Crippen LogP contribution in [0.1, 0.15) is 23.8 Å². The highest BCUT2D eigenvalue weighted by Crippen LogP contribution is 2.34. The highest BCUT2D eigenvalue weighted by Gasteiger charge is 2.36. The summed E-state index contributed by atoms with van der Waals surface area (Å²) in [4.78, 5) is 0. The van der Waals surface area contributed by atoms with Gasteiger partial charge in [0.1, 0.15) is 11.8 Å². The number of hydrogen-bond donors (Lipinski definition) is 0. The number of sulfonamides is 1. The van der Waals surface area contributed by atoms with Crippen molar-refractivity contribution in [1.29, 1.82) is 0 Å². The molecule has 0 bridgehead atoms. The Morgan fingerprint density at radius 3 is 2.57 bits per heavy atom. The molecule has 2 aromatic rings. The van der Waals surface area contributed by atoms with Crippen LogP contribution in [-0.4, -0.2) is 24.8 Å². The molecule has 110 valence electrons. The van der Waals surface area contributed by atoms with E-state index in [4.69, 9.17) is 4.42 Å². The Morgan fingerprint density at radius 1 is 1.29 bits per heavy atom. The Labute approximate surface area is 131 Å². The van der Waals surface area contributed by atoms with Crippen LogP contribution < -0.4 is 0 Å². The van der Waals surface area contributed by atoms with Gasteiger partial charge < -0.3 is 4.42 Å². The van der Waals surface area contributed by atoms with E-state index in [-0.39, 0.29) is 0 Å². The van der Waals surface area contributed by atoms with Crippen LogP contribution >= 0.6 is 15.9 Å². The Hall–Kier alpha value is -1.60. The Balaban J connectivity index is 1.99. The van der Waals surface area contributed by atoms with E-state index in [1.807, 2.05) is 24.3 Å². The summed E-state index contributed by atoms with van der Waals surface area (Å²) < 4.78 is 31.3. The van der Waals surface area contributed by atoms with Crippen LogP contribution in [0.15, 0.2) is 56.7 Å². The number of hydrazone groups is 1. The van der Waals surface area contributed by atoms with Crippen LogP contribution in [-0.2, 0) is 10.0 Å². The normalized spacial score (nSPS) is 18.9. The number of benzene rings is 1. The van der Waals surface area contributed by atoms with Gasteiger partial charge in [0.15, 0.2) is 0 Å². The zero-order valence-corrected chi connectivity index (χ0v) is 13.6. The molecule has 5 nitrogen and oxygen atoms in total. The van der Waals surface area contributed by atoms with E-state index in [0.29, 0.717) is 12.2 Å². The van der Waals surface area contributed by atoms with Crippen LogP contribution in [0.4, 0.5) is 0 Å². The average Bonchev–Trinajstić information content (AvgIpc) is 3.07. The van der Waals surface area contributed by atoms with E-state index >= 15 is 0 Å². The fourth-order valence-electron chi connectivity index (χ4n) is 2.30. The van der Waals surface area contributed by atoms with Crippen LogP contribution in [0.25, 0.3) is 0 Å². The molecule has 0 saturated heterocycles. The summed E-state index contributed by atoms with van der Waals surface area (Å²) in [5.74, 6) is 0.594. The van der Waals surface area contributed by atoms with Crippen LogP contribution in [0.5, 0.6) is 0 Å². The lowest BCUT2D eigenvalue weighted by Crippen LogP contribution is -2.25. The fraction of sp³-hybridized carbons (Fsp3) is 0.214. The van der Waals surface area contributed by atoms with Crippen molar-refractivity contribution in [2.45, 2.75) is 12.5 Å². The smallest absolute Gasteiger partial charge is 0.247 e. The minimum Gasteiger partial charge on any atom is -0.467 e. The summed E-state index contributed by atoms with van der Waals surface area (Å²) in [6, 6.07) is 10.7. The van der Waals surface area contributed by atoms with Crippen molar-refractivity contribution >= 4 is 31.7 Å². The van der Waals surface area contributed by atoms with Crippen LogP contribution in [0.3, 0.4) is 0 Å². The summed E-state index contributed by atoms with van der Waals surface area (Å²) in [6.45, 7) is 0. The number of furan rings is 1. The van der Waals surface area contributed by atoms with Gasteiger partial charge in [0.2, 0.25) is 10.0 Å². The molecule has 1 aromatic heterocycles. The molecule has 7 heteroatoms. The SMILES string of the molecule is CS(=O)(=O)N1N=C(c2ccc(Br)cc2)C[C@H]1c1ccco1. The molecule has 21 heavy (non-hydrogen) atoms. The minimum atomic E-state index is -3.45. The summed E-state index contributed by atoms with van der Waals surface area (Å²) in [6.07, 6.45) is 3.17. The topological polar surface area (TPSA) is 62.9 Å². The molecule has 0 radical (unpaired) electrons. The molecule has 1 aliphatic heterocycles. The maximum atomic E-state index is 11.9. The van der Waals surface area contributed by atoms with Crippen molar-refractivity contribution in [2.75, 3.05) is 6.26 Å². The predicted octanol–water partition coefficient (Wildman–Crippen LogP) is 3.15. The molecule has 0 N–H and O–H groups in total. The second kappa shape index (κ2) is 5.31. The maximum Gasteiger partial charge on any atom is 0.247 e. The number of rotatable bonds is 3. The molecule has 0 aliphatic carbocycles. The second-order valence-corrected chi connectivity index (χ2v) is 7.58. The fourth-order valence-corrected chi connectivity index (χ4v) is 3.46. The standard InChI is InChI=1S/C14H13BrN2O3S/c1-21(18,19)17-13(14-3-2-8-20-14)9-12(16-17)10-4-6-11(15)7-5-10/h2-8,13H,9H2,1H3/t13-/m0/s1. The molecule has 1 atom stereocenters. The second-order valence-electron chi connectivity index (χ2n) is 4.82. The average molecular weight is 369 g/mol. The van der Waals surface area contributed by atoms with E-state index in [1.54, 1.807) is 12.1 Å². The van der Waals surface area contributed by atoms with Gasteiger partial charge in [-0.25, -0.2) is 8.42 Å². The number of nitrogens with zero attached hydrogens (tertiary/aromatic N) is 2. The third-order valence-electron chi connectivity index (χ3n) is 3.26. The molecule has 0 unspecified atom stereocenters. The maximum absolute atomic E-state index is 11.9. The van der Waals surface area contributed by atoms with Gasteiger partial charge in [-0.3, -0.25) is 0 Å². The quantitative estimate of drug-likeness (QED) is 0.835. The van der Waals surface area contributed by atoms with E-state index in [2.05, 4.69) is 21.0 Å². The Bertz CT molecular complexity index is 767. The zero-order valence-electron chi connectivity index (χ0n) is 11.2. The van der Waals surface area contributed by atoms with E-state index < -0.39 is 16.1 Å². The van der Waals surface area contributed by atoms with Gasteiger partial charge >= 0.3 is 0 Å². The molecule has 1 aliphatic rings. The van der Waals surface area contributed by atoms with E-state index in [1.165, 1.54) is 6.26 Å². The van der Waals surface area contributed by atoms with E-state index in [9.17, 15) is 8.42 Å². The first-order valence-corrected chi connectivity index (χ1v) is 8.95. The first-order valence-electron chi connectivity index (χ1n) is 6.31. The van der Waals surface area contributed by atoms with Crippen LogP contribution in [0.2, 0.25) is 0 Å². The van der Waals surface area contributed by atoms with Gasteiger partial charge in [-0.05, 0) is 29.8 Å². The number of hydrogen-bond acceptors (Lipinski definition) is 4. The van der Waals surface area contributed by atoms with Gasteiger partial charge in [-0.1, -0.05) is 28.1 Å². The lowest BCUT2D eigenvalue weighted by Gasteiger charge is -2.18. The van der Waals surface area contributed by atoms with Gasteiger partial charge in [0.05, 0.1) is 18.2 Å². The highest BCUT2D eigenvalue weighted by atomic mass is 79.9. The third-order valence-corrected chi connectivity index (χ3v) is 4.81. The lowest BCUT2D eigenvalue weighted by molar-refractivity contribution is 0.322. The van der Waals surface area contributed by atoms with Crippen molar-refractivity contribution in [1.82, 2.24) is 4.41 Å². The first-order chi connectivity index (χ1) is 9.95. The summed E-state index contributed by atoms with van der Waals surface area (Å²) in [5.41, 5.74) is 1.63. The van der Waals surface area contributed by atoms with Crippen molar-refractivity contribution in [3.63, 3.8) is 0 Å². The molecule has 0 amide bonds. The summed E-state index contributed by atoms with van der Waals surface area (Å²) in [5, 5.41) is 4.28. The third kappa shape index (κ3) is 2.89. The van der Waals surface area contributed by atoms with Gasteiger partial charge in [0, 0.05) is 10.9 Å². The Kier molecular flexibility index (Phi) is 3.62. The Morgan fingerprint density at radius 2 is 2.00 bits per heavy atom. The van der Waals surface area contributed by atoms with Crippen molar-refractivity contribution in [3.8, 4) is 0 Å². The van der Waals surface area contributed by atoms with Crippen molar-refractivity contribution in [3.05, 3.63) is 58.5 Å². The zero-order chi connectivity index (χ0) is 15.0. The molecule has 2 heterocycles. The largest absolute Gasteiger partial charge is 0.467 e. The molecule has 3 rings (SSSR count). The van der Waals surface area contributed by atoms with Gasteiger partial charge in [0.25, 0.3) is 0 Å². The molecule has 0 saturated carbocycles. The molecule has 0 fully saturated rings. The van der Waals surface area contributed by atoms with Crippen molar-refractivity contribution < 1.29 is 12.8 Å². The molecular weight excluding hydrogens is 356 g/mol. The van der Waals surface area contributed by atoms with Crippen LogP contribution in [0, 0.1) is 0 Å². The summed E-state index contributed by atoms with van der Waals surface area (Å²) >= 11 is 3.38. The first kappa shape index (κ1) is 14.3. The highest BCUT2D eigenvalue weighted by molar-refractivity contribution is 9.10. The molecular formula is C14H13BrN2O3S. The van der Waals surface area contributed by atoms with Crippen molar-refractivity contribution in [2.24, 2.45) is 5.10 Å². The summed E-state index contributed by atoms with van der Waals surface area (Å²) in [7, 11) is -3.45. The monoisotopic (exact) mass is 368 g/mol. The molecule has 0 spiro atoms. The van der Waals surface area contributed by atoms with E-state index in [0.717, 1.165) is 26.4 Å². The lowest BCUT2D eigenvalue weighted by atomic mass is 10.0. The van der Waals surface area contributed by atoms with Gasteiger partial charge in [-0.15, -0.1) is 0 Å². The van der Waals surface area contributed by atoms with Gasteiger partial charge in [-0.2, -0.15) is 9.52 Å². The number of halogens is 1.